The molecule has 2 N–H and O–H groups in total. The summed E-state index contributed by atoms with van der Waals surface area (Å²) in [6.07, 6.45) is 4.75. The van der Waals surface area contributed by atoms with E-state index in [0.29, 0.717) is 6.61 Å². The summed E-state index contributed by atoms with van der Waals surface area (Å²) in [7, 11) is 3.47. The summed E-state index contributed by atoms with van der Waals surface area (Å²) in [5.41, 5.74) is 2.83. The SMILES string of the molecule is CN=C(NCCCOC1CCCc2ccccc21)NCCOC. The van der Waals surface area contributed by atoms with E-state index in [1.165, 1.54) is 24.0 Å². The molecule has 5 nitrogen and oxygen atoms in total. The van der Waals surface area contributed by atoms with E-state index in [1.807, 2.05) is 0 Å². The molecule has 0 bridgehead atoms. The van der Waals surface area contributed by atoms with Gasteiger partial charge >= 0.3 is 0 Å². The first-order valence-corrected chi connectivity index (χ1v) is 8.48. The van der Waals surface area contributed by atoms with E-state index in [1.54, 1.807) is 14.2 Å². The zero-order valence-electron chi connectivity index (χ0n) is 14.3. The Hall–Kier alpha value is -1.59. The molecule has 5 heteroatoms. The van der Waals surface area contributed by atoms with E-state index in [0.717, 1.165) is 38.5 Å². The third-order valence-corrected chi connectivity index (χ3v) is 4.07. The molecule has 0 saturated heterocycles. The zero-order valence-corrected chi connectivity index (χ0v) is 14.3. The normalized spacial score (nSPS) is 17.7. The number of ether oxygens (including phenoxy) is 2. The minimum Gasteiger partial charge on any atom is -0.383 e. The lowest BCUT2D eigenvalue weighted by atomic mass is 9.89. The molecule has 0 amide bonds. The van der Waals surface area contributed by atoms with Crippen molar-refractivity contribution in [2.75, 3.05) is 40.5 Å². The molecule has 0 radical (unpaired) electrons. The Kier molecular flexibility index (Phi) is 7.90. The smallest absolute Gasteiger partial charge is 0.191 e. The highest BCUT2D eigenvalue weighted by atomic mass is 16.5. The van der Waals surface area contributed by atoms with Crippen LogP contribution in [0.5, 0.6) is 0 Å². The molecule has 1 aromatic rings. The minimum atomic E-state index is 0.263. The van der Waals surface area contributed by atoms with E-state index in [4.69, 9.17) is 9.47 Å². The first-order chi connectivity index (χ1) is 11.3. The lowest BCUT2D eigenvalue weighted by Crippen LogP contribution is -2.39. The van der Waals surface area contributed by atoms with Gasteiger partial charge in [0.25, 0.3) is 0 Å². The highest BCUT2D eigenvalue weighted by molar-refractivity contribution is 5.79. The van der Waals surface area contributed by atoms with Gasteiger partial charge in [0.05, 0.1) is 12.7 Å². The van der Waals surface area contributed by atoms with Crippen molar-refractivity contribution in [2.45, 2.75) is 31.8 Å². The molecule has 0 spiro atoms. The van der Waals surface area contributed by atoms with Crippen LogP contribution in [0.4, 0.5) is 0 Å². The van der Waals surface area contributed by atoms with Crippen LogP contribution in [0.15, 0.2) is 29.3 Å². The fraction of sp³-hybridized carbons (Fsp3) is 0.611. The van der Waals surface area contributed by atoms with Gasteiger partial charge in [-0.25, -0.2) is 0 Å². The maximum absolute atomic E-state index is 6.10. The van der Waals surface area contributed by atoms with Crippen LogP contribution in [0.2, 0.25) is 0 Å². The van der Waals surface area contributed by atoms with Crippen molar-refractivity contribution >= 4 is 5.96 Å². The average Bonchev–Trinajstić information content (AvgIpc) is 2.60. The van der Waals surface area contributed by atoms with Crippen LogP contribution in [0.1, 0.15) is 36.5 Å². The van der Waals surface area contributed by atoms with E-state index >= 15 is 0 Å². The van der Waals surface area contributed by atoms with Gasteiger partial charge in [0.2, 0.25) is 0 Å². The Labute approximate surface area is 139 Å². The fourth-order valence-electron chi connectivity index (χ4n) is 2.88. The summed E-state index contributed by atoms with van der Waals surface area (Å²) in [5, 5.41) is 6.49. The first kappa shape index (κ1) is 17.8. The van der Waals surface area contributed by atoms with Crippen LogP contribution >= 0.6 is 0 Å². The Morgan fingerprint density at radius 3 is 2.87 bits per heavy atom. The summed E-state index contributed by atoms with van der Waals surface area (Å²) < 4.78 is 11.1. The molecule has 0 fully saturated rings. The van der Waals surface area contributed by atoms with Crippen molar-refractivity contribution in [3.63, 3.8) is 0 Å². The van der Waals surface area contributed by atoms with Gasteiger partial charge in [0, 0.05) is 33.9 Å². The first-order valence-electron chi connectivity index (χ1n) is 8.48. The molecule has 1 atom stereocenters. The van der Waals surface area contributed by atoms with Gasteiger partial charge in [-0.05, 0) is 36.8 Å². The Morgan fingerprint density at radius 1 is 1.22 bits per heavy atom. The summed E-state index contributed by atoms with van der Waals surface area (Å²) in [6, 6.07) is 8.66. The topological polar surface area (TPSA) is 54.9 Å². The molecule has 2 rings (SSSR count). The van der Waals surface area contributed by atoms with Crippen molar-refractivity contribution < 1.29 is 9.47 Å². The molecule has 0 aliphatic heterocycles. The van der Waals surface area contributed by atoms with E-state index < -0.39 is 0 Å². The maximum atomic E-state index is 6.10. The highest BCUT2D eigenvalue weighted by Gasteiger charge is 2.19. The van der Waals surface area contributed by atoms with Gasteiger partial charge in [-0.15, -0.1) is 0 Å². The number of guanidine groups is 1. The van der Waals surface area contributed by atoms with Gasteiger partial charge in [0.1, 0.15) is 0 Å². The van der Waals surface area contributed by atoms with Gasteiger partial charge in [-0.3, -0.25) is 4.99 Å². The van der Waals surface area contributed by atoms with Crippen molar-refractivity contribution in [1.29, 1.82) is 0 Å². The van der Waals surface area contributed by atoms with E-state index in [9.17, 15) is 0 Å². The predicted molar refractivity (Wildman–Crippen MR) is 93.9 cm³/mol. The Bertz CT molecular complexity index is 491. The number of fused-ring (bicyclic) bond motifs is 1. The molecule has 0 aromatic heterocycles. The number of nitrogens with zero attached hydrogens (tertiary/aromatic N) is 1. The standard InChI is InChI=1S/C18H29N3O2/c1-19-18(21-12-14-22-2)20-11-6-13-23-17-10-5-8-15-7-3-4-9-16(15)17/h3-4,7,9,17H,5-6,8,10-14H2,1-2H3,(H2,19,20,21). The third kappa shape index (κ3) is 5.84. The second-order valence-corrected chi connectivity index (χ2v) is 5.72. The number of hydrogen-bond donors (Lipinski definition) is 2. The lowest BCUT2D eigenvalue weighted by Gasteiger charge is -2.25. The largest absolute Gasteiger partial charge is 0.383 e. The number of nitrogens with one attached hydrogen (secondary N) is 2. The van der Waals surface area contributed by atoms with Crippen LogP contribution in [0, 0.1) is 0 Å². The summed E-state index contributed by atoms with van der Waals surface area (Å²) in [5.74, 6) is 0.810. The molecule has 0 heterocycles. The molecular formula is C18H29N3O2. The van der Waals surface area contributed by atoms with Crippen molar-refractivity contribution in [1.82, 2.24) is 10.6 Å². The van der Waals surface area contributed by atoms with E-state index in [2.05, 4.69) is 39.9 Å². The summed E-state index contributed by atoms with van der Waals surface area (Å²) in [6.45, 7) is 3.04. The van der Waals surface area contributed by atoms with Gasteiger partial charge in [-0.2, -0.15) is 0 Å². The molecular weight excluding hydrogens is 290 g/mol. The number of hydrogen-bond acceptors (Lipinski definition) is 3. The molecule has 23 heavy (non-hydrogen) atoms. The van der Waals surface area contributed by atoms with Crippen molar-refractivity contribution in [3.05, 3.63) is 35.4 Å². The third-order valence-electron chi connectivity index (χ3n) is 4.07. The van der Waals surface area contributed by atoms with E-state index in [-0.39, 0.29) is 6.10 Å². The quantitative estimate of drug-likeness (QED) is 0.438. The maximum Gasteiger partial charge on any atom is 0.191 e. The number of aryl methyl sites for hydroxylation is 1. The monoisotopic (exact) mass is 319 g/mol. The van der Waals surface area contributed by atoms with Crippen molar-refractivity contribution in [2.24, 2.45) is 4.99 Å². The highest BCUT2D eigenvalue weighted by Crippen LogP contribution is 2.32. The average molecular weight is 319 g/mol. The van der Waals surface area contributed by atoms with Crippen LogP contribution in [0.3, 0.4) is 0 Å². The molecule has 1 aliphatic carbocycles. The second kappa shape index (κ2) is 10.2. The number of benzene rings is 1. The number of methoxy groups -OCH3 is 1. The molecule has 1 aromatic carbocycles. The van der Waals surface area contributed by atoms with Gasteiger partial charge in [0.15, 0.2) is 5.96 Å². The van der Waals surface area contributed by atoms with Gasteiger partial charge < -0.3 is 20.1 Å². The van der Waals surface area contributed by atoms with Crippen molar-refractivity contribution in [3.8, 4) is 0 Å². The Morgan fingerprint density at radius 2 is 2.04 bits per heavy atom. The minimum absolute atomic E-state index is 0.263. The van der Waals surface area contributed by atoms with Crippen LogP contribution in [-0.2, 0) is 15.9 Å². The summed E-state index contributed by atoms with van der Waals surface area (Å²) >= 11 is 0. The lowest BCUT2D eigenvalue weighted by molar-refractivity contribution is 0.0398. The molecule has 0 saturated carbocycles. The number of aliphatic imine (C=N–C) groups is 1. The Balaban J connectivity index is 1.64. The van der Waals surface area contributed by atoms with Gasteiger partial charge in [-0.1, -0.05) is 24.3 Å². The zero-order chi connectivity index (χ0) is 16.3. The fourth-order valence-corrected chi connectivity index (χ4v) is 2.88. The molecule has 1 unspecified atom stereocenters. The van der Waals surface area contributed by atoms with Crippen LogP contribution < -0.4 is 10.6 Å². The predicted octanol–water partition coefficient (Wildman–Crippen LogP) is 2.28. The van der Waals surface area contributed by atoms with Crippen LogP contribution in [-0.4, -0.2) is 46.4 Å². The number of rotatable bonds is 8. The summed E-state index contributed by atoms with van der Waals surface area (Å²) in [4.78, 5) is 4.18. The van der Waals surface area contributed by atoms with Crippen LogP contribution in [0.25, 0.3) is 0 Å². The molecule has 1 aliphatic rings. The molecule has 128 valence electrons. The second-order valence-electron chi connectivity index (χ2n) is 5.72.